The highest BCUT2D eigenvalue weighted by Gasteiger charge is 2.37. The zero-order valence-corrected chi connectivity index (χ0v) is 21.9. The smallest absolute Gasteiger partial charge is 0.338 e. The molecule has 7 heteroatoms. The Hall–Kier alpha value is -4.93. The maximum atomic E-state index is 13.8. The minimum absolute atomic E-state index is 0.0253. The standard InChI is InChI=1S/C32H23N3O3S/c1-2-38-32(37)28-27(24-16-8-12-20-10-4-6-15-23(20)24)25(18-33)29(34)35-30(36)26(39-31(28)35)17-21-13-7-11-19-9-3-5-14-22(19)21/h3-17,27H,2,34H2,1H3/b26-17+. The van der Waals surface area contributed by atoms with Gasteiger partial charge < -0.3 is 10.5 Å². The summed E-state index contributed by atoms with van der Waals surface area (Å²) in [5.41, 5.74) is 8.17. The van der Waals surface area contributed by atoms with Crippen molar-refractivity contribution >= 4 is 56.3 Å². The third kappa shape index (κ3) is 3.94. The number of ether oxygens (including phenoxy) is 1. The van der Waals surface area contributed by atoms with E-state index in [-0.39, 0.29) is 29.1 Å². The Bertz CT molecular complexity index is 2050. The van der Waals surface area contributed by atoms with Crippen molar-refractivity contribution in [2.45, 2.75) is 12.8 Å². The molecule has 2 heterocycles. The van der Waals surface area contributed by atoms with Gasteiger partial charge >= 0.3 is 5.97 Å². The molecule has 4 aromatic carbocycles. The predicted molar refractivity (Wildman–Crippen MR) is 155 cm³/mol. The molecule has 190 valence electrons. The first-order valence-electron chi connectivity index (χ1n) is 12.5. The van der Waals surface area contributed by atoms with Crippen molar-refractivity contribution in [3.05, 3.63) is 121 Å². The van der Waals surface area contributed by atoms with Crippen molar-refractivity contribution in [2.24, 2.45) is 5.73 Å². The van der Waals surface area contributed by atoms with Gasteiger partial charge in [-0.25, -0.2) is 4.79 Å². The SMILES string of the molecule is CCOC(=O)C1=c2s/c(=C/c3cccc4ccccc34)c(=O)n2C(N)=C(C#N)C1c1cccc2ccccc12. The van der Waals surface area contributed by atoms with E-state index in [1.165, 1.54) is 15.9 Å². The second kappa shape index (κ2) is 9.75. The number of rotatable bonds is 4. The second-order valence-corrected chi connectivity index (χ2v) is 10.2. The Morgan fingerprint density at radius 2 is 1.64 bits per heavy atom. The monoisotopic (exact) mass is 529 g/mol. The molecule has 1 atom stereocenters. The van der Waals surface area contributed by atoms with Crippen LogP contribution in [0.4, 0.5) is 0 Å². The number of hydrogen-bond acceptors (Lipinski definition) is 6. The summed E-state index contributed by atoms with van der Waals surface area (Å²) in [6.45, 7) is 1.88. The van der Waals surface area contributed by atoms with Crippen molar-refractivity contribution in [2.75, 3.05) is 6.61 Å². The Morgan fingerprint density at radius 3 is 2.36 bits per heavy atom. The average molecular weight is 530 g/mol. The number of nitrogens with two attached hydrogens (primary N) is 1. The number of aromatic nitrogens is 1. The first kappa shape index (κ1) is 24.4. The summed E-state index contributed by atoms with van der Waals surface area (Å²) >= 11 is 1.18. The summed E-state index contributed by atoms with van der Waals surface area (Å²) in [7, 11) is 0. The van der Waals surface area contributed by atoms with Gasteiger partial charge in [-0.2, -0.15) is 5.26 Å². The van der Waals surface area contributed by atoms with Crippen LogP contribution >= 0.6 is 11.3 Å². The van der Waals surface area contributed by atoms with Crippen molar-refractivity contribution in [1.82, 2.24) is 4.57 Å². The Morgan fingerprint density at radius 1 is 1.00 bits per heavy atom. The van der Waals surface area contributed by atoms with Crippen LogP contribution in [0.25, 0.3) is 39.0 Å². The van der Waals surface area contributed by atoms with E-state index in [4.69, 9.17) is 10.5 Å². The number of fused-ring (bicyclic) bond motifs is 3. The molecule has 0 fully saturated rings. The van der Waals surface area contributed by atoms with Gasteiger partial charge in [-0.3, -0.25) is 9.36 Å². The lowest BCUT2D eigenvalue weighted by Crippen LogP contribution is -2.40. The summed E-state index contributed by atoms with van der Waals surface area (Å²) in [4.78, 5) is 27.3. The Balaban J connectivity index is 1.71. The molecule has 0 saturated carbocycles. The van der Waals surface area contributed by atoms with Crippen LogP contribution in [-0.4, -0.2) is 17.1 Å². The molecule has 0 aliphatic carbocycles. The highest BCUT2D eigenvalue weighted by Crippen LogP contribution is 2.39. The molecule has 0 saturated heterocycles. The minimum atomic E-state index is -0.788. The number of nitriles is 1. The van der Waals surface area contributed by atoms with E-state index in [0.29, 0.717) is 9.20 Å². The lowest BCUT2D eigenvalue weighted by atomic mass is 9.81. The third-order valence-corrected chi connectivity index (χ3v) is 8.12. The second-order valence-electron chi connectivity index (χ2n) is 9.17. The molecule has 0 spiro atoms. The first-order valence-corrected chi connectivity index (χ1v) is 13.4. The van der Waals surface area contributed by atoms with Gasteiger partial charge in [0.25, 0.3) is 5.56 Å². The number of carbonyl (C=O) groups excluding carboxylic acids is 1. The number of hydrogen-bond donors (Lipinski definition) is 1. The fraction of sp³-hybridized carbons (Fsp3) is 0.0938. The average Bonchev–Trinajstić information content (AvgIpc) is 3.28. The summed E-state index contributed by atoms with van der Waals surface area (Å²) in [5.74, 6) is -1.34. The molecule has 2 N–H and O–H groups in total. The number of allylic oxidation sites excluding steroid dienone is 1. The molecule has 1 unspecified atom stereocenters. The fourth-order valence-corrected chi connectivity index (χ4v) is 6.44. The quantitative estimate of drug-likeness (QED) is 0.352. The molecule has 5 aromatic rings. The van der Waals surface area contributed by atoms with E-state index in [1.54, 1.807) is 6.92 Å². The number of carbonyl (C=O) groups is 1. The highest BCUT2D eigenvalue weighted by molar-refractivity contribution is 7.07. The molecule has 6 rings (SSSR count). The molecule has 1 aliphatic heterocycles. The van der Waals surface area contributed by atoms with E-state index >= 15 is 0 Å². The molecule has 0 bridgehead atoms. The molecule has 6 nitrogen and oxygen atoms in total. The fourth-order valence-electron chi connectivity index (χ4n) is 5.28. The normalized spacial score (nSPS) is 15.4. The number of esters is 1. The predicted octanol–water partition coefficient (Wildman–Crippen LogP) is 4.21. The van der Waals surface area contributed by atoms with Crippen molar-refractivity contribution in [3.63, 3.8) is 0 Å². The Labute approximate surface area is 227 Å². The van der Waals surface area contributed by atoms with Crippen LogP contribution in [0.2, 0.25) is 0 Å². The van der Waals surface area contributed by atoms with Crippen molar-refractivity contribution in [1.29, 1.82) is 5.26 Å². The summed E-state index contributed by atoms with van der Waals surface area (Å²) in [5, 5.41) is 14.2. The summed E-state index contributed by atoms with van der Waals surface area (Å²) in [6.07, 6.45) is 1.82. The lowest BCUT2D eigenvalue weighted by Gasteiger charge is -2.25. The highest BCUT2D eigenvalue weighted by atomic mass is 32.1. The van der Waals surface area contributed by atoms with Crippen LogP contribution in [-0.2, 0) is 9.53 Å². The van der Waals surface area contributed by atoms with E-state index in [9.17, 15) is 14.9 Å². The van der Waals surface area contributed by atoms with Gasteiger partial charge in [0.05, 0.1) is 34.3 Å². The first-order chi connectivity index (χ1) is 19.0. The van der Waals surface area contributed by atoms with Gasteiger partial charge in [0, 0.05) is 0 Å². The van der Waals surface area contributed by atoms with Crippen molar-refractivity contribution < 1.29 is 9.53 Å². The van der Waals surface area contributed by atoms with E-state index in [2.05, 4.69) is 6.07 Å². The van der Waals surface area contributed by atoms with Crippen LogP contribution < -0.4 is 20.5 Å². The van der Waals surface area contributed by atoms with E-state index in [0.717, 1.165) is 32.7 Å². The van der Waals surface area contributed by atoms with Crippen LogP contribution in [0.15, 0.2) is 95.3 Å². The zero-order chi connectivity index (χ0) is 27.1. The molecule has 1 aromatic heterocycles. The van der Waals surface area contributed by atoms with E-state index < -0.39 is 11.9 Å². The Kier molecular flexibility index (Phi) is 6.10. The van der Waals surface area contributed by atoms with E-state index in [1.807, 2.05) is 91.0 Å². The number of benzene rings is 4. The molecule has 0 amide bonds. The maximum Gasteiger partial charge on any atom is 0.338 e. The van der Waals surface area contributed by atoms with Gasteiger partial charge in [0.15, 0.2) is 0 Å². The molecule has 39 heavy (non-hydrogen) atoms. The minimum Gasteiger partial charge on any atom is -0.463 e. The maximum absolute atomic E-state index is 13.8. The number of thiazole rings is 1. The van der Waals surface area contributed by atoms with Crippen LogP contribution in [0.1, 0.15) is 24.0 Å². The topological polar surface area (TPSA) is 98.1 Å². The molecule has 0 radical (unpaired) electrons. The largest absolute Gasteiger partial charge is 0.463 e. The molecular weight excluding hydrogens is 506 g/mol. The third-order valence-electron chi connectivity index (χ3n) is 7.01. The van der Waals surface area contributed by atoms with Crippen LogP contribution in [0.5, 0.6) is 0 Å². The van der Waals surface area contributed by atoms with Gasteiger partial charge in [-0.1, -0.05) is 84.9 Å². The van der Waals surface area contributed by atoms with Crippen LogP contribution in [0, 0.1) is 11.3 Å². The number of nitrogens with zero attached hydrogens (tertiary/aromatic N) is 2. The van der Waals surface area contributed by atoms with Gasteiger partial charge in [-0.05, 0) is 45.7 Å². The summed E-state index contributed by atoms with van der Waals surface area (Å²) in [6, 6.07) is 29.6. The van der Waals surface area contributed by atoms with Gasteiger partial charge in [-0.15, -0.1) is 11.3 Å². The molecular formula is C32H23N3O3S. The van der Waals surface area contributed by atoms with Crippen molar-refractivity contribution in [3.8, 4) is 6.07 Å². The van der Waals surface area contributed by atoms with Crippen LogP contribution in [0.3, 0.4) is 0 Å². The zero-order valence-electron chi connectivity index (χ0n) is 21.0. The van der Waals surface area contributed by atoms with Gasteiger partial charge in [0.2, 0.25) is 0 Å². The molecule has 1 aliphatic rings. The lowest BCUT2D eigenvalue weighted by molar-refractivity contribution is -0.136. The summed E-state index contributed by atoms with van der Waals surface area (Å²) < 4.78 is 7.55. The van der Waals surface area contributed by atoms with Gasteiger partial charge in [0.1, 0.15) is 10.5 Å².